The molecule has 19 heavy (non-hydrogen) atoms. The standard InChI is InChI=1S/C17H26ClN/c1-14(2)16-9-7-15(8-10-16)13-19-12-4-6-17(19)5-3-11-18/h7-10,14,17H,3-6,11-13H2,1-2H3. The van der Waals surface area contributed by atoms with Crippen molar-refractivity contribution < 1.29 is 0 Å². The van der Waals surface area contributed by atoms with Gasteiger partial charge in [0.15, 0.2) is 0 Å². The van der Waals surface area contributed by atoms with Crippen LogP contribution in [0.3, 0.4) is 0 Å². The Balaban J connectivity index is 1.92. The summed E-state index contributed by atoms with van der Waals surface area (Å²) in [7, 11) is 0. The molecular formula is C17H26ClN. The van der Waals surface area contributed by atoms with Gasteiger partial charge in [0.2, 0.25) is 0 Å². The van der Waals surface area contributed by atoms with E-state index in [1.54, 1.807) is 0 Å². The molecule has 0 amide bonds. The molecule has 1 aromatic carbocycles. The molecule has 1 saturated heterocycles. The van der Waals surface area contributed by atoms with Crippen molar-refractivity contribution in [3.63, 3.8) is 0 Å². The first-order chi connectivity index (χ1) is 9.20. The lowest BCUT2D eigenvalue weighted by Crippen LogP contribution is -2.28. The average Bonchev–Trinajstić information content (AvgIpc) is 2.84. The van der Waals surface area contributed by atoms with Crippen molar-refractivity contribution in [1.82, 2.24) is 4.90 Å². The minimum atomic E-state index is 0.623. The summed E-state index contributed by atoms with van der Waals surface area (Å²) in [5.41, 5.74) is 2.88. The second kappa shape index (κ2) is 7.31. The zero-order valence-electron chi connectivity index (χ0n) is 12.2. The summed E-state index contributed by atoms with van der Waals surface area (Å²) >= 11 is 5.82. The number of hydrogen-bond donors (Lipinski definition) is 0. The Bertz CT molecular complexity index is 371. The number of nitrogens with zero attached hydrogens (tertiary/aromatic N) is 1. The van der Waals surface area contributed by atoms with E-state index in [0.717, 1.165) is 24.9 Å². The van der Waals surface area contributed by atoms with Gasteiger partial charge in [-0.3, -0.25) is 4.90 Å². The van der Waals surface area contributed by atoms with Crippen LogP contribution in [0.1, 0.15) is 56.6 Å². The third-order valence-corrected chi connectivity index (χ3v) is 4.47. The maximum absolute atomic E-state index is 5.82. The third kappa shape index (κ3) is 4.22. The van der Waals surface area contributed by atoms with E-state index in [4.69, 9.17) is 11.6 Å². The highest BCUT2D eigenvalue weighted by molar-refractivity contribution is 6.17. The van der Waals surface area contributed by atoms with E-state index in [2.05, 4.69) is 43.0 Å². The van der Waals surface area contributed by atoms with E-state index >= 15 is 0 Å². The second-order valence-corrected chi connectivity index (χ2v) is 6.37. The minimum absolute atomic E-state index is 0.623. The highest BCUT2D eigenvalue weighted by atomic mass is 35.5. The molecule has 0 aliphatic carbocycles. The van der Waals surface area contributed by atoms with Gasteiger partial charge in [0.1, 0.15) is 0 Å². The largest absolute Gasteiger partial charge is 0.296 e. The Morgan fingerprint density at radius 3 is 2.63 bits per heavy atom. The van der Waals surface area contributed by atoms with Crippen LogP contribution < -0.4 is 0 Å². The van der Waals surface area contributed by atoms with Crippen molar-refractivity contribution in [3.8, 4) is 0 Å². The fourth-order valence-corrected chi connectivity index (χ4v) is 3.14. The Morgan fingerprint density at radius 2 is 2.00 bits per heavy atom. The van der Waals surface area contributed by atoms with E-state index in [9.17, 15) is 0 Å². The van der Waals surface area contributed by atoms with E-state index in [1.165, 1.54) is 36.9 Å². The zero-order chi connectivity index (χ0) is 13.7. The first-order valence-electron chi connectivity index (χ1n) is 7.59. The molecule has 0 spiro atoms. The van der Waals surface area contributed by atoms with Gasteiger partial charge in [-0.25, -0.2) is 0 Å². The molecule has 1 nitrogen and oxygen atoms in total. The number of benzene rings is 1. The zero-order valence-corrected chi connectivity index (χ0v) is 13.0. The van der Waals surface area contributed by atoms with Crippen LogP contribution in [-0.2, 0) is 6.54 Å². The quantitative estimate of drug-likeness (QED) is 0.677. The van der Waals surface area contributed by atoms with Crippen molar-refractivity contribution in [2.75, 3.05) is 12.4 Å². The molecule has 0 saturated carbocycles. The lowest BCUT2D eigenvalue weighted by molar-refractivity contribution is 0.233. The predicted molar refractivity (Wildman–Crippen MR) is 83.9 cm³/mol. The van der Waals surface area contributed by atoms with Crippen LogP contribution in [-0.4, -0.2) is 23.4 Å². The van der Waals surface area contributed by atoms with Crippen LogP contribution >= 0.6 is 11.6 Å². The lowest BCUT2D eigenvalue weighted by Gasteiger charge is -2.24. The molecule has 1 fully saturated rings. The van der Waals surface area contributed by atoms with Crippen LogP contribution in [0.25, 0.3) is 0 Å². The molecule has 0 N–H and O–H groups in total. The number of halogens is 1. The fourth-order valence-electron chi connectivity index (χ4n) is 2.99. The summed E-state index contributed by atoms with van der Waals surface area (Å²) in [6, 6.07) is 9.91. The molecule has 1 heterocycles. The molecule has 0 radical (unpaired) electrons. The molecule has 1 atom stereocenters. The van der Waals surface area contributed by atoms with Gasteiger partial charge >= 0.3 is 0 Å². The summed E-state index contributed by atoms with van der Waals surface area (Å²) in [5.74, 6) is 1.42. The van der Waals surface area contributed by atoms with Crippen LogP contribution in [0.15, 0.2) is 24.3 Å². The first kappa shape index (κ1) is 14.9. The highest BCUT2D eigenvalue weighted by Crippen LogP contribution is 2.24. The highest BCUT2D eigenvalue weighted by Gasteiger charge is 2.23. The van der Waals surface area contributed by atoms with Gasteiger partial charge in [-0.05, 0) is 49.3 Å². The number of hydrogen-bond acceptors (Lipinski definition) is 1. The summed E-state index contributed by atoms with van der Waals surface area (Å²) < 4.78 is 0. The first-order valence-corrected chi connectivity index (χ1v) is 8.13. The summed E-state index contributed by atoms with van der Waals surface area (Å²) in [4.78, 5) is 2.64. The smallest absolute Gasteiger partial charge is 0.0236 e. The van der Waals surface area contributed by atoms with Gasteiger partial charge in [-0.15, -0.1) is 11.6 Å². The normalized spacial score (nSPS) is 20.3. The molecule has 2 heteroatoms. The number of alkyl halides is 1. The second-order valence-electron chi connectivity index (χ2n) is 5.99. The van der Waals surface area contributed by atoms with Crippen molar-refractivity contribution in [2.45, 2.75) is 58.0 Å². The van der Waals surface area contributed by atoms with Gasteiger partial charge in [0, 0.05) is 18.5 Å². The minimum Gasteiger partial charge on any atom is -0.296 e. The van der Waals surface area contributed by atoms with Crippen molar-refractivity contribution in [1.29, 1.82) is 0 Å². The summed E-state index contributed by atoms with van der Waals surface area (Å²) in [6.07, 6.45) is 5.10. The number of rotatable bonds is 6. The van der Waals surface area contributed by atoms with E-state index in [-0.39, 0.29) is 0 Å². The summed E-state index contributed by atoms with van der Waals surface area (Å²) in [5, 5.41) is 0. The molecule has 2 rings (SSSR count). The maximum atomic E-state index is 5.82. The predicted octanol–water partition coefficient (Wildman–Crippen LogP) is 4.79. The molecular weight excluding hydrogens is 254 g/mol. The maximum Gasteiger partial charge on any atom is 0.0236 e. The van der Waals surface area contributed by atoms with Gasteiger partial charge in [0.25, 0.3) is 0 Å². The lowest BCUT2D eigenvalue weighted by atomic mass is 10.0. The molecule has 1 aliphatic heterocycles. The SMILES string of the molecule is CC(C)c1ccc(CN2CCCC2CCCCl)cc1. The molecule has 1 aliphatic rings. The Kier molecular flexibility index (Phi) is 5.72. The fraction of sp³-hybridized carbons (Fsp3) is 0.647. The van der Waals surface area contributed by atoms with E-state index in [1.807, 2.05) is 0 Å². The molecule has 0 aromatic heterocycles. The number of likely N-dealkylation sites (tertiary alicyclic amines) is 1. The summed E-state index contributed by atoms with van der Waals surface area (Å²) in [6.45, 7) is 6.85. The van der Waals surface area contributed by atoms with Crippen LogP contribution in [0.5, 0.6) is 0 Å². The topological polar surface area (TPSA) is 3.24 Å². The van der Waals surface area contributed by atoms with Gasteiger partial charge < -0.3 is 0 Å². The van der Waals surface area contributed by atoms with Gasteiger partial charge in [0.05, 0.1) is 0 Å². The third-order valence-electron chi connectivity index (χ3n) is 4.20. The Morgan fingerprint density at radius 1 is 1.26 bits per heavy atom. The Labute approximate surface area is 123 Å². The van der Waals surface area contributed by atoms with E-state index < -0.39 is 0 Å². The monoisotopic (exact) mass is 279 g/mol. The van der Waals surface area contributed by atoms with Crippen LogP contribution in [0.2, 0.25) is 0 Å². The molecule has 1 unspecified atom stereocenters. The van der Waals surface area contributed by atoms with Crippen molar-refractivity contribution >= 4 is 11.6 Å². The van der Waals surface area contributed by atoms with E-state index in [0.29, 0.717) is 5.92 Å². The average molecular weight is 280 g/mol. The Hall–Kier alpha value is -0.530. The van der Waals surface area contributed by atoms with Crippen LogP contribution in [0.4, 0.5) is 0 Å². The van der Waals surface area contributed by atoms with Gasteiger partial charge in [-0.2, -0.15) is 0 Å². The van der Waals surface area contributed by atoms with Crippen molar-refractivity contribution in [2.24, 2.45) is 0 Å². The van der Waals surface area contributed by atoms with Gasteiger partial charge in [-0.1, -0.05) is 38.1 Å². The van der Waals surface area contributed by atoms with Crippen LogP contribution in [0, 0.1) is 0 Å². The molecule has 0 bridgehead atoms. The molecule has 106 valence electrons. The van der Waals surface area contributed by atoms with Crippen molar-refractivity contribution in [3.05, 3.63) is 35.4 Å². The molecule has 1 aromatic rings.